The van der Waals surface area contributed by atoms with Gasteiger partial charge in [0.1, 0.15) is 0 Å². The fourth-order valence-corrected chi connectivity index (χ4v) is 2.82. The molecule has 0 unspecified atom stereocenters. The van der Waals surface area contributed by atoms with Crippen LogP contribution < -0.4 is 9.47 Å². The zero-order valence-electron chi connectivity index (χ0n) is 15.4. The van der Waals surface area contributed by atoms with Crippen molar-refractivity contribution in [2.45, 2.75) is 20.3 Å². The lowest BCUT2D eigenvalue weighted by Crippen LogP contribution is -2.16. The molecule has 0 N–H and O–H groups in total. The molecule has 150 valence electrons. The van der Waals surface area contributed by atoms with E-state index in [4.69, 9.17) is 14.2 Å². The molecule has 0 radical (unpaired) electrons. The largest absolute Gasteiger partial charge is 0.490 e. The molecule has 0 aromatic heterocycles. The molecular weight excluding hydrogens is 438 g/mol. The predicted molar refractivity (Wildman–Crippen MR) is 102 cm³/mol. The fourth-order valence-electron chi connectivity index (χ4n) is 2.35. The van der Waals surface area contributed by atoms with Crippen molar-refractivity contribution in [3.8, 4) is 11.5 Å². The molecule has 0 atom stereocenters. The van der Waals surface area contributed by atoms with Gasteiger partial charge in [-0.05, 0) is 49.7 Å². The normalized spacial score (nSPS) is 10.5. The van der Waals surface area contributed by atoms with Crippen molar-refractivity contribution in [2.24, 2.45) is 0 Å². The monoisotopic (exact) mass is 456 g/mol. The molecule has 0 aliphatic rings. The van der Waals surface area contributed by atoms with Crippen LogP contribution in [-0.2, 0) is 16.0 Å². The Morgan fingerprint density at radius 2 is 1.61 bits per heavy atom. The van der Waals surface area contributed by atoms with Crippen molar-refractivity contribution in [1.82, 2.24) is 0 Å². The van der Waals surface area contributed by atoms with E-state index in [9.17, 15) is 18.4 Å². The smallest absolute Gasteiger partial charge is 0.310 e. The van der Waals surface area contributed by atoms with E-state index in [0.29, 0.717) is 34.7 Å². The van der Waals surface area contributed by atoms with E-state index in [2.05, 4.69) is 15.9 Å². The highest BCUT2D eigenvalue weighted by atomic mass is 79.9. The first kappa shape index (κ1) is 21.8. The van der Waals surface area contributed by atoms with E-state index in [-0.39, 0.29) is 12.0 Å². The molecule has 0 aliphatic heterocycles. The van der Waals surface area contributed by atoms with Gasteiger partial charge < -0.3 is 14.2 Å². The van der Waals surface area contributed by atoms with Gasteiger partial charge in [0.05, 0.1) is 19.6 Å². The lowest BCUT2D eigenvalue weighted by Gasteiger charge is -2.14. The molecule has 5 nitrogen and oxygen atoms in total. The molecule has 0 bridgehead atoms. The summed E-state index contributed by atoms with van der Waals surface area (Å²) >= 11 is 3.37. The Labute approximate surface area is 169 Å². The number of rotatable bonds is 9. The van der Waals surface area contributed by atoms with E-state index < -0.39 is 30.0 Å². The fraction of sp³-hybridized carbons (Fsp3) is 0.300. The molecule has 0 aliphatic carbocycles. The van der Waals surface area contributed by atoms with Crippen LogP contribution >= 0.6 is 15.9 Å². The lowest BCUT2D eigenvalue weighted by molar-refractivity contribution is -0.141. The first-order chi connectivity index (χ1) is 13.3. The summed E-state index contributed by atoms with van der Waals surface area (Å²) in [5, 5.41) is 0. The maximum atomic E-state index is 13.2. The highest BCUT2D eigenvalue weighted by Gasteiger charge is 2.16. The number of halogens is 3. The highest BCUT2D eigenvalue weighted by Crippen LogP contribution is 2.34. The minimum absolute atomic E-state index is 0.0763. The average Bonchev–Trinajstić information content (AvgIpc) is 2.66. The van der Waals surface area contributed by atoms with E-state index in [1.54, 1.807) is 12.1 Å². The van der Waals surface area contributed by atoms with Crippen LogP contribution in [0.15, 0.2) is 34.8 Å². The van der Waals surface area contributed by atoms with Gasteiger partial charge in [0, 0.05) is 10.0 Å². The molecule has 2 aromatic carbocycles. The number of Topliss-reactive ketones (excluding diaryl/α,β-unsaturated/α-hetero) is 1. The maximum absolute atomic E-state index is 13.2. The third-order valence-corrected chi connectivity index (χ3v) is 4.39. The Hall–Kier alpha value is -2.48. The number of hydrogen-bond donors (Lipinski definition) is 0. The van der Waals surface area contributed by atoms with Crippen molar-refractivity contribution < 1.29 is 32.6 Å². The first-order valence-electron chi connectivity index (χ1n) is 8.57. The summed E-state index contributed by atoms with van der Waals surface area (Å²) in [6.07, 6.45) is -0.113. The molecule has 8 heteroatoms. The number of benzene rings is 2. The maximum Gasteiger partial charge on any atom is 0.310 e. The number of ketones is 1. The lowest BCUT2D eigenvalue weighted by atomic mass is 10.1. The standard InChI is InChI=1S/C20H19BrF2O5/c1-3-26-18-8-13(14(21)10-19(18)27-4-2)9-20(25)28-11-17(24)12-5-6-15(22)16(23)7-12/h5-8,10H,3-4,9,11H2,1-2H3. The zero-order chi connectivity index (χ0) is 20.7. The summed E-state index contributed by atoms with van der Waals surface area (Å²) in [7, 11) is 0. The summed E-state index contributed by atoms with van der Waals surface area (Å²) in [5.41, 5.74) is 0.518. The van der Waals surface area contributed by atoms with Crippen molar-refractivity contribution in [1.29, 1.82) is 0 Å². The van der Waals surface area contributed by atoms with Crippen LogP contribution in [0.2, 0.25) is 0 Å². The topological polar surface area (TPSA) is 61.8 Å². The second kappa shape index (κ2) is 10.2. The van der Waals surface area contributed by atoms with Crippen LogP contribution in [0.25, 0.3) is 0 Å². The van der Waals surface area contributed by atoms with Crippen molar-refractivity contribution in [2.75, 3.05) is 19.8 Å². The summed E-state index contributed by atoms with van der Waals surface area (Å²) in [6, 6.07) is 6.10. The van der Waals surface area contributed by atoms with Crippen molar-refractivity contribution in [3.05, 3.63) is 57.6 Å². The number of ether oxygens (including phenoxy) is 3. The Morgan fingerprint density at radius 1 is 0.964 bits per heavy atom. The average molecular weight is 457 g/mol. The van der Waals surface area contributed by atoms with Gasteiger partial charge in [-0.15, -0.1) is 0 Å². The Balaban J connectivity index is 2.02. The van der Waals surface area contributed by atoms with E-state index in [1.165, 1.54) is 0 Å². The van der Waals surface area contributed by atoms with Gasteiger partial charge in [0.25, 0.3) is 0 Å². The molecule has 0 fully saturated rings. The van der Waals surface area contributed by atoms with Crippen molar-refractivity contribution >= 4 is 27.7 Å². The van der Waals surface area contributed by atoms with Gasteiger partial charge in [0.2, 0.25) is 0 Å². The second-order valence-corrected chi connectivity index (χ2v) is 6.50. The van der Waals surface area contributed by atoms with Crippen LogP contribution in [-0.4, -0.2) is 31.6 Å². The first-order valence-corrected chi connectivity index (χ1v) is 9.36. The second-order valence-electron chi connectivity index (χ2n) is 5.65. The van der Waals surface area contributed by atoms with Crippen LogP contribution in [0.5, 0.6) is 11.5 Å². The summed E-state index contributed by atoms with van der Waals surface area (Å²) in [4.78, 5) is 24.1. The van der Waals surface area contributed by atoms with Crippen LogP contribution in [0.4, 0.5) is 8.78 Å². The quantitative estimate of drug-likeness (QED) is 0.410. The number of hydrogen-bond acceptors (Lipinski definition) is 5. The summed E-state index contributed by atoms with van der Waals surface area (Å²) in [5.74, 6) is -2.44. The van der Waals surface area contributed by atoms with Gasteiger partial charge in [0.15, 0.2) is 35.5 Å². The van der Waals surface area contributed by atoms with Gasteiger partial charge in [-0.3, -0.25) is 9.59 Å². The number of carbonyl (C=O) groups excluding carboxylic acids is 2. The Morgan fingerprint density at radius 3 is 2.21 bits per heavy atom. The Bertz CT molecular complexity index is 870. The van der Waals surface area contributed by atoms with Gasteiger partial charge in [-0.25, -0.2) is 8.78 Å². The van der Waals surface area contributed by atoms with Crippen LogP contribution in [0.3, 0.4) is 0 Å². The molecule has 2 aromatic rings. The van der Waals surface area contributed by atoms with E-state index in [1.807, 2.05) is 13.8 Å². The van der Waals surface area contributed by atoms with E-state index >= 15 is 0 Å². The van der Waals surface area contributed by atoms with Gasteiger partial charge in [-0.1, -0.05) is 15.9 Å². The Kier molecular flexibility index (Phi) is 7.92. The molecule has 28 heavy (non-hydrogen) atoms. The number of carbonyl (C=O) groups is 2. The SMILES string of the molecule is CCOc1cc(Br)c(CC(=O)OCC(=O)c2ccc(F)c(F)c2)cc1OCC. The minimum Gasteiger partial charge on any atom is -0.490 e. The molecule has 2 rings (SSSR count). The molecule has 0 heterocycles. The van der Waals surface area contributed by atoms with Gasteiger partial charge in [-0.2, -0.15) is 0 Å². The minimum atomic E-state index is -1.14. The number of esters is 1. The third-order valence-electron chi connectivity index (χ3n) is 3.65. The predicted octanol–water partition coefficient (Wildman–Crippen LogP) is 4.49. The van der Waals surface area contributed by atoms with Crippen LogP contribution in [0, 0.1) is 11.6 Å². The van der Waals surface area contributed by atoms with Gasteiger partial charge >= 0.3 is 5.97 Å². The zero-order valence-corrected chi connectivity index (χ0v) is 17.0. The molecular formula is C20H19BrF2O5. The summed E-state index contributed by atoms with van der Waals surface area (Å²) < 4.78 is 42.7. The molecule has 0 amide bonds. The van der Waals surface area contributed by atoms with Crippen molar-refractivity contribution in [3.63, 3.8) is 0 Å². The summed E-state index contributed by atoms with van der Waals surface area (Å²) in [6.45, 7) is 3.99. The molecule has 0 saturated carbocycles. The van der Waals surface area contributed by atoms with E-state index in [0.717, 1.165) is 18.2 Å². The molecule has 0 spiro atoms. The molecule has 0 saturated heterocycles. The highest BCUT2D eigenvalue weighted by molar-refractivity contribution is 9.10. The van der Waals surface area contributed by atoms with Crippen LogP contribution in [0.1, 0.15) is 29.8 Å². The third kappa shape index (κ3) is 5.76.